The number of carbonyl (C=O) groups excluding carboxylic acids is 5. The minimum absolute atomic E-state index is 0.00685. The number of esters is 1. The molecular weight excluding hydrogens is 975 g/mol. The van der Waals surface area contributed by atoms with Gasteiger partial charge in [0.25, 0.3) is 11.7 Å². The van der Waals surface area contributed by atoms with Gasteiger partial charge in [-0.1, -0.05) is 71.1 Å². The van der Waals surface area contributed by atoms with Crippen LogP contribution in [0.3, 0.4) is 0 Å². The molecule has 3 heterocycles. The van der Waals surface area contributed by atoms with Crippen molar-refractivity contribution >= 4 is 29.2 Å². The third-order valence-corrected chi connectivity index (χ3v) is 16.0. The molecule has 2 saturated heterocycles. The zero-order chi connectivity index (χ0) is 55.9. The van der Waals surface area contributed by atoms with E-state index in [1.165, 1.54) is 7.11 Å². The van der Waals surface area contributed by atoms with Gasteiger partial charge in [0, 0.05) is 51.4 Å². The van der Waals surface area contributed by atoms with Gasteiger partial charge >= 0.3 is 5.97 Å². The first-order chi connectivity index (χ1) is 35.4. The summed E-state index contributed by atoms with van der Waals surface area (Å²) in [5.74, 6) is -9.14. The molecule has 5 unspecified atom stereocenters. The van der Waals surface area contributed by atoms with Crippen molar-refractivity contribution in [2.75, 3.05) is 34.0 Å². The van der Waals surface area contributed by atoms with Crippen molar-refractivity contribution in [3.05, 3.63) is 47.6 Å². The van der Waals surface area contributed by atoms with Gasteiger partial charge in [0.2, 0.25) is 5.79 Å². The van der Waals surface area contributed by atoms with Gasteiger partial charge in [-0.3, -0.25) is 19.2 Å². The number of allylic oxidation sites excluding steroid dienone is 6. The third kappa shape index (κ3) is 17.5. The lowest BCUT2D eigenvalue weighted by molar-refractivity contribution is -0.266. The van der Waals surface area contributed by atoms with Crippen LogP contribution >= 0.6 is 0 Å². The highest BCUT2D eigenvalue weighted by atomic mass is 16.6. The number of amides is 1. The molecule has 4 aliphatic rings. The summed E-state index contributed by atoms with van der Waals surface area (Å²) in [4.78, 5) is 72.5. The maximum atomic E-state index is 14.5. The number of carbonyl (C=O) groups is 5. The van der Waals surface area contributed by atoms with Gasteiger partial charge in [-0.05, 0) is 107 Å². The number of nitrogens with zero attached hydrogens (tertiary/aromatic N) is 1. The quantitative estimate of drug-likeness (QED) is 0.0792. The number of Topliss-reactive ketones (excluding diaryl/α,β-unsaturated/α-hetero) is 3. The Hall–Kier alpha value is -3.57. The standard InChI is InChI=1S/C56H89NO18/c1-31-15-11-10-12-16-32(2)45(73-30-44(62)51(66)50(65)43(61)29-58)27-39-20-18-37(7)56(70,75-39)53(67)54(68)57-22-14-13-17-40(57)55(69)74-46(34(4)25-38-19-21-41(59)47(26-38)71-8)28-42(60)33(3)24-36(6)49(64)52(72-9)48(63)35(5)23-31/h10-12,15-16,24,31,33-35,37-41,43-47,49-52,58-59,61-62,64-66,70H,13-14,17-23,25-30H2,1-9H3/b12-10+,15-11+,32-16+,36-24+/t31-,33-,34-,35-,37-,38+,39+,40+,41-,43?,44?,45?,46+,47-,49-,50?,51?,52+,56-/m1/s1. The number of hydrogen-bond donors (Lipinski definition) is 8. The Kier molecular flexibility index (Phi) is 25.6. The van der Waals surface area contributed by atoms with E-state index in [0.717, 1.165) is 4.90 Å². The number of rotatable bonds is 12. The van der Waals surface area contributed by atoms with E-state index in [1.807, 2.05) is 19.9 Å². The maximum absolute atomic E-state index is 14.5. The lowest BCUT2D eigenvalue weighted by atomic mass is 9.78. The highest BCUT2D eigenvalue weighted by molar-refractivity contribution is 6.39. The summed E-state index contributed by atoms with van der Waals surface area (Å²) in [5.41, 5.74) is 0.912. The molecule has 0 aromatic carbocycles. The Morgan fingerprint density at radius 3 is 2.19 bits per heavy atom. The van der Waals surface area contributed by atoms with Crippen molar-refractivity contribution in [3.63, 3.8) is 0 Å². The van der Waals surface area contributed by atoms with Gasteiger partial charge in [-0.15, -0.1) is 0 Å². The molecule has 3 aliphatic heterocycles. The molecule has 75 heavy (non-hydrogen) atoms. The van der Waals surface area contributed by atoms with Crippen LogP contribution in [0.2, 0.25) is 0 Å². The van der Waals surface area contributed by atoms with Crippen molar-refractivity contribution in [1.82, 2.24) is 4.90 Å². The molecule has 426 valence electrons. The predicted molar refractivity (Wildman–Crippen MR) is 275 cm³/mol. The minimum Gasteiger partial charge on any atom is -0.460 e. The Bertz CT molecular complexity index is 2010. The largest absolute Gasteiger partial charge is 0.460 e. The number of aliphatic hydroxyl groups excluding tert-OH is 7. The monoisotopic (exact) mass is 1060 g/mol. The van der Waals surface area contributed by atoms with Crippen LogP contribution in [0, 0.1) is 35.5 Å². The van der Waals surface area contributed by atoms with Gasteiger partial charge < -0.3 is 69.4 Å². The Morgan fingerprint density at radius 1 is 0.827 bits per heavy atom. The number of methoxy groups -OCH3 is 2. The topological polar surface area (TPSA) is 297 Å². The zero-order valence-corrected chi connectivity index (χ0v) is 45.6. The van der Waals surface area contributed by atoms with E-state index in [0.29, 0.717) is 62.5 Å². The molecular formula is C56H89NO18. The molecule has 19 atom stereocenters. The predicted octanol–water partition coefficient (Wildman–Crippen LogP) is 2.99. The minimum atomic E-state index is -2.63. The molecule has 2 bridgehead atoms. The summed E-state index contributed by atoms with van der Waals surface area (Å²) in [6, 6.07) is -1.24. The maximum Gasteiger partial charge on any atom is 0.329 e. The molecule has 0 spiro atoms. The molecule has 1 amide bonds. The fraction of sp³-hybridized carbons (Fsp3) is 0.768. The first-order valence-electron chi connectivity index (χ1n) is 27.0. The van der Waals surface area contributed by atoms with Crippen LogP contribution in [0.1, 0.15) is 126 Å². The number of ether oxygens (including phenoxy) is 5. The number of piperidine rings is 1. The van der Waals surface area contributed by atoms with E-state index in [2.05, 4.69) is 0 Å². The van der Waals surface area contributed by atoms with Gasteiger partial charge in [-0.2, -0.15) is 0 Å². The Morgan fingerprint density at radius 2 is 1.52 bits per heavy atom. The van der Waals surface area contributed by atoms with E-state index >= 15 is 0 Å². The number of cyclic esters (lactones) is 1. The Balaban J connectivity index is 1.73. The van der Waals surface area contributed by atoms with Crippen LogP contribution in [-0.4, -0.2) is 188 Å². The van der Waals surface area contributed by atoms with Gasteiger partial charge in [0.15, 0.2) is 5.78 Å². The van der Waals surface area contributed by atoms with Crippen molar-refractivity contribution < 1.29 is 88.5 Å². The normalized spacial score (nSPS) is 38.4. The first kappa shape index (κ1) is 64.0. The average molecular weight is 1060 g/mol. The second-order valence-electron chi connectivity index (χ2n) is 22.0. The molecule has 0 radical (unpaired) electrons. The van der Waals surface area contributed by atoms with E-state index in [1.54, 1.807) is 72.1 Å². The zero-order valence-electron chi connectivity index (χ0n) is 45.6. The molecule has 1 saturated carbocycles. The molecule has 8 N–H and O–H groups in total. The fourth-order valence-electron chi connectivity index (χ4n) is 10.9. The van der Waals surface area contributed by atoms with Crippen LogP contribution < -0.4 is 0 Å². The summed E-state index contributed by atoms with van der Waals surface area (Å²) in [5, 5.41) is 84.9. The van der Waals surface area contributed by atoms with Gasteiger partial charge in [-0.25, -0.2) is 4.79 Å². The molecule has 19 heteroatoms. The van der Waals surface area contributed by atoms with Crippen LogP contribution in [0.5, 0.6) is 0 Å². The van der Waals surface area contributed by atoms with E-state index in [-0.39, 0.29) is 61.7 Å². The van der Waals surface area contributed by atoms with Crippen molar-refractivity contribution in [2.24, 2.45) is 35.5 Å². The highest BCUT2D eigenvalue weighted by Gasteiger charge is 2.53. The second-order valence-corrected chi connectivity index (χ2v) is 22.0. The van der Waals surface area contributed by atoms with E-state index in [4.69, 9.17) is 23.7 Å². The number of aliphatic hydroxyl groups is 8. The van der Waals surface area contributed by atoms with Crippen LogP contribution in [0.25, 0.3) is 0 Å². The highest BCUT2D eigenvalue weighted by Crippen LogP contribution is 2.38. The van der Waals surface area contributed by atoms with E-state index < -0.39 is 127 Å². The molecule has 3 fully saturated rings. The van der Waals surface area contributed by atoms with Gasteiger partial charge in [0.1, 0.15) is 54.6 Å². The lowest BCUT2D eigenvalue weighted by Crippen LogP contribution is -2.61. The lowest BCUT2D eigenvalue weighted by Gasteiger charge is -2.43. The number of hydrogen-bond acceptors (Lipinski definition) is 18. The van der Waals surface area contributed by atoms with Crippen molar-refractivity contribution in [3.8, 4) is 0 Å². The number of fused-ring (bicyclic) bond motifs is 3. The summed E-state index contributed by atoms with van der Waals surface area (Å²) in [6.07, 6.45) is 0.805. The second kappa shape index (κ2) is 30.0. The van der Waals surface area contributed by atoms with Crippen LogP contribution in [0.15, 0.2) is 47.6 Å². The summed E-state index contributed by atoms with van der Waals surface area (Å²) in [6.45, 7) is 10.7. The third-order valence-electron chi connectivity index (χ3n) is 16.0. The van der Waals surface area contributed by atoms with Crippen molar-refractivity contribution in [2.45, 2.75) is 204 Å². The summed E-state index contributed by atoms with van der Waals surface area (Å²) >= 11 is 0. The Labute approximate surface area is 443 Å². The van der Waals surface area contributed by atoms with Crippen LogP contribution in [-0.2, 0) is 47.7 Å². The summed E-state index contributed by atoms with van der Waals surface area (Å²) in [7, 11) is 2.88. The molecule has 19 nitrogen and oxygen atoms in total. The van der Waals surface area contributed by atoms with Gasteiger partial charge in [0.05, 0.1) is 37.6 Å². The smallest absolute Gasteiger partial charge is 0.329 e. The molecule has 0 aromatic rings. The van der Waals surface area contributed by atoms with Crippen molar-refractivity contribution in [1.29, 1.82) is 0 Å². The first-order valence-corrected chi connectivity index (χ1v) is 27.0. The molecule has 4 rings (SSSR count). The van der Waals surface area contributed by atoms with E-state index in [9.17, 15) is 64.8 Å². The average Bonchev–Trinajstić information content (AvgIpc) is 3.39. The molecule has 1 aliphatic carbocycles. The number of ketones is 3. The summed E-state index contributed by atoms with van der Waals surface area (Å²) < 4.78 is 29.7. The SMILES string of the molecule is CO[C@@H]1C[C@H](C[C@@H](C)[C@@H]2CC(=O)[C@H](C)/C=C(\C)[C@@H](O)[C@@H](OC)C(=O)[C@H](C)C[C@H](C)/C=C/C=C/C=C(\C)C(OCC(O)C(O)C(O)C(O)CO)C[C@@H]3CC[C@@H](C)[C@@](O)(O3)C(=O)C(=O)N3CCCC[C@H]3C(=O)O2)CC[C@H]1O. The van der Waals surface area contributed by atoms with Crippen LogP contribution in [0.4, 0.5) is 0 Å². The molecule has 0 aromatic heterocycles. The fourth-order valence-corrected chi connectivity index (χ4v) is 10.9.